The van der Waals surface area contributed by atoms with E-state index < -0.39 is 0 Å². The van der Waals surface area contributed by atoms with E-state index >= 15 is 0 Å². The average Bonchev–Trinajstić information content (AvgIpc) is 2.78. The van der Waals surface area contributed by atoms with Crippen molar-refractivity contribution in [1.82, 2.24) is 0 Å². The number of carbonyl (C=O) groups is 1. The minimum atomic E-state index is -0.316. The molecular formula is C10H14O2. The number of epoxide rings is 1. The number of hydrogen-bond donors (Lipinski definition) is 0. The first-order valence-electron chi connectivity index (χ1n) is 4.74. The molecule has 0 aromatic carbocycles. The first-order chi connectivity index (χ1) is 5.60. The topological polar surface area (TPSA) is 29.6 Å². The van der Waals surface area contributed by atoms with Gasteiger partial charge in [-0.3, -0.25) is 0 Å². The third-order valence-electron chi connectivity index (χ3n) is 4.45. The number of ether oxygens (including phenoxy) is 1. The van der Waals surface area contributed by atoms with Gasteiger partial charge in [-0.25, -0.2) is 0 Å². The second-order valence-electron chi connectivity index (χ2n) is 5.18. The zero-order chi connectivity index (χ0) is 8.56. The fraction of sp³-hybridized carbons (Fsp3) is 0.900. The molecule has 66 valence electrons. The molecule has 0 aromatic rings. The van der Waals surface area contributed by atoms with Crippen LogP contribution in [-0.4, -0.2) is 18.0 Å². The fourth-order valence-corrected chi connectivity index (χ4v) is 3.23. The van der Waals surface area contributed by atoms with Crippen LogP contribution in [0.2, 0.25) is 0 Å². The largest absolute Gasteiger partial charge is 0.358 e. The summed E-state index contributed by atoms with van der Waals surface area (Å²) in [6.07, 6.45) is 3.57. The molecule has 1 saturated heterocycles. The van der Waals surface area contributed by atoms with Gasteiger partial charge >= 0.3 is 0 Å². The second-order valence-corrected chi connectivity index (χ2v) is 5.18. The van der Waals surface area contributed by atoms with Crippen molar-refractivity contribution in [2.75, 3.05) is 0 Å². The van der Waals surface area contributed by atoms with Gasteiger partial charge in [-0.15, -0.1) is 0 Å². The van der Waals surface area contributed by atoms with Crippen molar-refractivity contribution < 1.29 is 9.53 Å². The van der Waals surface area contributed by atoms with Crippen LogP contribution in [0.1, 0.15) is 26.7 Å². The Morgan fingerprint density at radius 1 is 1.50 bits per heavy atom. The highest BCUT2D eigenvalue weighted by Gasteiger charge is 2.73. The van der Waals surface area contributed by atoms with Crippen molar-refractivity contribution in [2.24, 2.45) is 17.3 Å². The van der Waals surface area contributed by atoms with E-state index in [0.29, 0.717) is 11.3 Å². The Morgan fingerprint density at radius 3 is 2.75 bits per heavy atom. The lowest BCUT2D eigenvalue weighted by Gasteiger charge is -2.55. The second kappa shape index (κ2) is 1.63. The van der Waals surface area contributed by atoms with Gasteiger partial charge in [0.2, 0.25) is 0 Å². The molecule has 0 spiro atoms. The van der Waals surface area contributed by atoms with Gasteiger partial charge in [0.15, 0.2) is 11.9 Å². The summed E-state index contributed by atoms with van der Waals surface area (Å²) in [5.41, 5.74) is 0.122. The van der Waals surface area contributed by atoms with Crippen LogP contribution in [0.25, 0.3) is 0 Å². The summed E-state index contributed by atoms with van der Waals surface area (Å²) in [6.45, 7) is 4.62. The smallest absolute Gasteiger partial charge is 0.154 e. The zero-order valence-corrected chi connectivity index (χ0v) is 7.54. The number of carbonyl (C=O) groups excluding carboxylic acids is 1. The van der Waals surface area contributed by atoms with Crippen LogP contribution in [0.5, 0.6) is 0 Å². The Labute approximate surface area is 72.3 Å². The molecule has 0 radical (unpaired) electrons. The average molecular weight is 166 g/mol. The summed E-state index contributed by atoms with van der Waals surface area (Å²) in [7, 11) is 0. The molecule has 1 aliphatic heterocycles. The van der Waals surface area contributed by atoms with Gasteiger partial charge in [0.05, 0.1) is 6.10 Å². The Balaban J connectivity index is 1.93. The molecule has 0 aromatic heterocycles. The SMILES string of the molecule is CC1(C)[C@H]2C[C@@H]1[C@@H]1O[C@]1(C=O)C2. The van der Waals surface area contributed by atoms with Gasteiger partial charge < -0.3 is 9.53 Å². The summed E-state index contributed by atoms with van der Waals surface area (Å²) >= 11 is 0. The lowest BCUT2D eigenvalue weighted by molar-refractivity contribution is -0.117. The fourth-order valence-electron chi connectivity index (χ4n) is 3.23. The highest BCUT2D eigenvalue weighted by molar-refractivity contribution is 5.69. The molecule has 1 heterocycles. The molecule has 3 aliphatic carbocycles. The van der Waals surface area contributed by atoms with E-state index in [0.717, 1.165) is 18.6 Å². The molecule has 3 saturated carbocycles. The summed E-state index contributed by atoms with van der Waals surface area (Å²) in [4.78, 5) is 10.8. The predicted octanol–water partition coefficient (Wildman–Crippen LogP) is 1.39. The summed E-state index contributed by atoms with van der Waals surface area (Å²) in [5, 5.41) is 0. The summed E-state index contributed by atoms with van der Waals surface area (Å²) in [6, 6.07) is 0. The molecule has 4 atom stereocenters. The Morgan fingerprint density at radius 2 is 2.25 bits per heavy atom. The molecule has 2 nitrogen and oxygen atoms in total. The predicted molar refractivity (Wildman–Crippen MR) is 43.7 cm³/mol. The zero-order valence-electron chi connectivity index (χ0n) is 7.54. The van der Waals surface area contributed by atoms with Crippen LogP contribution in [0.15, 0.2) is 0 Å². The molecule has 12 heavy (non-hydrogen) atoms. The van der Waals surface area contributed by atoms with Crippen LogP contribution in [-0.2, 0) is 9.53 Å². The van der Waals surface area contributed by atoms with Gasteiger partial charge in [-0.1, -0.05) is 13.8 Å². The number of aldehydes is 1. The van der Waals surface area contributed by atoms with E-state index in [1.54, 1.807) is 0 Å². The lowest BCUT2D eigenvalue weighted by Crippen LogP contribution is -2.55. The van der Waals surface area contributed by atoms with E-state index in [1.165, 1.54) is 6.42 Å². The molecule has 0 unspecified atom stereocenters. The maximum Gasteiger partial charge on any atom is 0.154 e. The highest BCUT2D eigenvalue weighted by Crippen LogP contribution is 2.68. The van der Waals surface area contributed by atoms with Crippen LogP contribution in [0.3, 0.4) is 0 Å². The van der Waals surface area contributed by atoms with Gasteiger partial charge in [0.1, 0.15) is 0 Å². The van der Waals surface area contributed by atoms with Gasteiger partial charge in [-0.05, 0) is 30.1 Å². The third-order valence-corrected chi connectivity index (χ3v) is 4.45. The maximum atomic E-state index is 10.8. The molecule has 0 N–H and O–H groups in total. The van der Waals surface area contributed by atoms with Crippen LogP contribution in [0.4, 0.5) is 0 Å². The van der Waals surface area contributed by atoms with Crippen molar-refractivity contribution >= 4 is 6.29 Å². The molecule has 2 heteroatoms. The maximum absolute atomic E-state index is 10.8. The van der Waals surface area contributed by atoms with Crippen molar-refractivity contribution in [3.8, 4) is 0 Å². The van der Waals surface area contributed by atoms with E-state index in [2.05, 4.69) is 13.8 Å². The number of rotatable bonds is 1. The molecule has 4 fully saturated rings. The van der Waals surface area contributed by atoms with E-state index in [4.69, 9.17) is 4.74 Å². The van der Waals surface area contributed by atoms with Crippen LogP contribution >= 0.6 is 0 Å². The van der Waals surface area contributed by atoms with Crippen molar-refractivity contribution in [2.45, 2.75) is 38.4 Å². The van der Waals surface area contributed by atoms with E-state index in [-0.39, 0.29) is 11.7 Å². The molecular weight excluding hydrogens is 152 g/mol. The monoisotopic (exact) mass is 166 g/mol. The lowest BCUT2D eigenvalue weighted by atomic mass is 9.47. The number of hydrogen-bond acceptors (Lipinski definition) is 2. The Bertz CT molecular complexity index is 259. The first-order valence-corrected chi connectivity index (χ1v) is 4.74. The molecule has 4 rings (SSSR count). The highest BCUT2D eigenvalue weighted by atomic mass is 16.6. The summed E-state index contributed by atoms with van der Waals surface area (Å²) < 4.78 is 5.54. The minimum Gasteiger partial charge on any atom is -0.358 e. The van der Waals surface area contributed by atoms with Crippen LogP contribution < -0.4 is 0 Å². The normalized spacial score (nSPS) is 58.3. The van der Waals surface area contributed by atoms with Gasteiger partial charge in [0, 0.05) is 0 Å². The third kappa shape index (κ3) is 0.535. The summed E-state index contributed by atoms with van der Waals surface area (Å²) in [5.74, 6) is 1.38. The van der Waals surface area contributed by atoms with E-state index in [1.807, 2.05) is 0 Å². The minimum absolute atomic E-state index is 0.273. The van der Waals surface area contributed by atoms with Crippen LogP contribution in [0, 0.1) is 17.3 Å². The van der Waals surface area contributed by atoms with Crippen molar-refractivity contribution in [1.29, 1.82) is 0 Å². The Hall–Kier alpha value is -0.370. The standard InChI is InChI=1S/C10H14O2/c1-9(2)6-3-7(9)8-10(4-6,5-11)12-8/h5-8H,3-4H2,1-2H3/t6-,7+,8-,10-/m0/s1. The van der Waals surface area contributed by atoms with Gasteiger partial charge in [-0.2, -0.15) is 0 Å². The molecule has 0 amide bonds. The Kier molecular flexibility index (Phi) is 0.958. The van der Waals surface area contributed by atoms with E-state index in [9.17, 15) is 4.79 Å². The molecule has 4 aliphatic rings. The quantitative estimate of drug-likeness (QED) is 0.435. The molecule has 2 bridgehead atoms. The van der Waals surface area contributed by atoms with Crippen molar-refractivity contribution in [3.05, 3.63) is 0 Å². The first kappa shape index (κ1) is 7.07. The van der Waals surface area contributed by atoms with Crippen molar-refractivity contribution in [3.63, 3.8) is 0 Å². The van der Waals surface area contributed by atoms with Gasteiger partial charge in [0.25, 0.3) is 0 Å².